The summed E-state index contributed by atoms with van der Waals surface area (Å²) in [5.41, 5.74) is 0. The molecule has 0 aromatic carbocycles. The van der Waals surface area contributed by atoms with Gasteiger partial charge in [0.05, 0.1) is 12.1 Å². The fourth-order valence-corrected chi connectivity index (χ4v) is 3.27. The molecule has 16 heavy (non-hydrogen) atoms. The molecule has 2 fully saturated rings. The van der Waals surface area contributed by atoms with E-state index in [9.17, 15) is 5.26 Å². The average molecular weight is 220 g/mol. The summed E-state index contributed by atoms with van der Waals surface area (Å²) in [6, 6.07) is 3.26. The van der Waals surface area contributed by atoms with Gasteiger partial charge in [0.25, 0.3) is 0 Å². The summed E-state index contributed by atoms with van der Waals surface area (Å²) in [6.45, 7) is 0. The number of nitriles is 1. The van der Waals surface area contributed by atoms with Crippen molar-refractivity contribution in [3.05, 3.63) is 0 Å². The minimum absolute atomic E-state index is 0.128. The molecule has 0 aromatic rings. The Labute approximate surface area is 99.4 Å². The average Bonchev–Trinajstić information content (AvgIpc) is 2.38. The van der Waals surface area contributed by atoms with E-state index in [0.717, 1.165) is 0 Å². The van der Waals surface area contributed by atoms with E-state index in [2.05, 4.69) is 11.4 Å². The molecule has 1 N–H and O–H groups in total. The SMILES string of the molecule is N#CC(NC1CCCCC1)C1CCCCC1. The van der Waals surface area contributed by atoms with Gasteiger partial charge >= 0.3 is 0 Å². The highest BCUT2D eigenvalue weighted by Crippen LogP contribution is 2.27. The Morgan fingerprint density at radius 1 is 0.875 bits per heavy atom. The molecule has 2 aliphatic rings. The molecule has 1 unspecified atom stereocenters. The number of nitrogens with zero attached hydrogens (tertiary/aromatic N) is 1. The van der Waals surface area contributed by atoms with E-state index in [-0.39, 0.29) is 6.04 Å². The Kier molecular flexibility index (Phi) is 4.66. The van der Waals surface area contributed by atoms with E-state index in [0.29, 0.717) is 12.0 Å². The van der Waals surface area contributed by atoms with E-state index < -0.39 is 0 Å². The summed E-state index contributed by atoms with van der Waals surface area (Å²) >= 11 is 0. The number of hydrogen-bond acceptors (Lipinski definition) is 2. The summed E-state index contributed by atoms with van der Waals surface area (Å²) in [5, 5.41) is 12.9. The first-order valence-electron chi connectivity index (χ1n) is 7.06. The van der Waals surface area contributed by atoms with Gasteiger partial charge in [0.1, 0.15) is 0 Å². The molecular formula is C14H24N2. The van der Waals surface area contributed by atoms with Crippen molar-refractivity contribution in [2.75, 3.05) is 0 Å². The predicted molar refractivity (Wildman–Crippen MR) is 66.0 cm³/mol. The zero-order valence-corrected chi connectivity index (χ0v) is 10.3. The van der Waals surface area contributed by atoms with E-state index in [1.165, 1.54) is 64.2 Å². The molecule has 0 radical (unpaired) electrons. The molecule has 0 saturated heterocycles. The summed E-state index contributed by atoms with van der Waals surface area (Å²) in [6.07, 6.45) is 13.2. The third kappa shape index (κ3) is 3.22. The number of nitrogens with one attached hydrogen (secondary N) is 1. The van der Waals surface area contributed by atoms with Gasteiger partial charge in [-0.2, -0.15) is 5.26 Å². The molecule has 1 atom stereocenters. The fourth-order valence-electron chi connectivity index (χ4n) is 3.27. The summed E-state index contributed by atoms with van der Waals surface area (Å²) in [7, 11) is 0. The van der Waals surface area contributed by atoms with Gasteiger partial charge in [-0.3, -0.25) is 5.32 Å². The third-order valence-electron chi connectivity index (χ3n) is 4.28. The third-order valence-corrected chi connectivity index (χ3v) is 4.28. The highest BCUT2D eigenvalue weighted by molar-refractivity contribution is 4.97. The Bertz CT molecular complexity index is 232. The first kappa shape index (κ1) is 11.9. The topological polar surface area (TPSA) is 35.8 Å². The van der Waals surface area contributed by atoms with Crippen LogP contribution in [0.25, 0.3) is 0 Å². The summed E-state index contributed by atoms with van der Waals surface area (Å²) in [5.74, 6) is 0.626. The van der Waals surface area contributed by atoms with Crippen molar-refractivity contribution in [1.29, 1.82) is 5.26 Å². The zero-order chi connectivity index (χ0) is 11.2. The molecule has 0 heterocycles. The fraction of sp³-hybridized carbons (Fsp3) is 0.929. The zero-order valence-electron chi connectivity index (χ0n) is 10.3. The molecule has 2 aliphatic carbocycles. The van der Waals surface area contributed by atoms with Crippen LogP contribution in [0.5, 0.6) is 0 Å². The molecule has 2 nitrogen and oxygen atoms in total. The minimum Gasteiger partial charge on any atom is -0.299 e. The molecule has 0 bridgehead atoms. The van der Waals surface area contributed by atoms with Crippen LogP contribution in [-0.2, 0) is 0 Å². The molecule has 2 rings (SSSR count). The quantitative estimate of drug-likeness (QED) is 0.791. The predicted octanol–water partition coefficient (Wildman–Crippen LogP) is 3.38. The molecule has 0 aromatic heterocycles. The summed E-state index contributed by atoms with van der Waals surface area (Å²) < 4.78 is 0. The lowest BCUT2D eigenvalue weighted by atomic mass is 9.83. The van der Waals surface area contributed by atoms with Crippen molar-refractivity contribution in [2.24, 2.45) is 5.92 Å². The molecule has 2 heteroatoms. The number of hydrogen-bond donors (Lipinski definition) is 1. The van der Waals surface area contributed by atoms with Crippen LogP contribution in [0, 0.1) is 17.2 Å². The van der Waals surface area contributed by atoms with Gasteiger partial charge in [-0.1, -0.05) is 38.5 Å². The van der Waals surface area contributed by atoms with E-state index >= 15 is 0 Å². The van der Waals surface area contributed by atoms with E-state index in [1.54, 1.807) is 0 Å². The maximum absolute atomic E-state index is 9.30. The van der Waals surface area contributed by atoms with Crippen LogP contribution in [0.1, 0.15) is 64.2 Å². The van der Waals surface area contributed by atoms with Crippen LogP contribution in [0.4, 0.5) is 0 Å². The maximum atomic E-state index is 9.30. The van der Waals surface area contributed by atoms with Gasteiger partial charge < -0.3 is 0 Å². The normalized spacial score (nSPS) is 26.2. The Hall–Kier alpha value is -0.550. The molecule has 0 spiro atoms. The van der Waals surface area contributed by atoms with Gasteiger partial charge in [-0.25, -0.2) is 0 Å². The van der Waals surface area contributed by atoms with Crippen molar-refractivity contribution in [2.45, 2.75) is 76.3 Å². The molecule has 0 amide bonds. The Morgan fingerprint density at radius 3 is 2.00 bits per heavy atom. The number of rotatable bonds is 3. The molecule has 2 saturated carbocycles. The van der Waals surface area contributed by atoms with Crippen LogP contribution < -0.4 is 5.32 Å². The molecule has 90 valence electrons. The van der Waals surface area contributed by atoms with Crippen LogP contribution in [0.15, 0.2) is 0 Å². The Balaban J connectivity index is 1.81. The van der Waals surface area contributed by atoms with Crippen molar-refractivity contribution in [3.8, 4) is 6.07 Å². The monoisotopic (exact) mass is 220 g/mol. The largest absolute Gasteiger partial charge is 0.299 e. The smallest absolute Gasteiger partial charge is 0.0983 e. The standard InChI is InChI=1S/C14H24N2/c15-11-14(12-7-3-1-4-8-12)16-13-9-5-2-6-10-13/h12-14,16H,1-10H2. The van der Waals surface area contributed by atoms with Crippen molar-refractivity contribution in [1.82, 2.24) is 5.32 Å². The Morgan fingerprint density at radius 2 is 1.44 bits per heavy atom. The van der Waals surface area contributed by atoms with E-state index in [1.807, 2.05) is 0 Å². The van der Waals surface area contributed by atoms with Gasteiger partial charge in [-0.05, 0) is 31.6 Å². The van der Waals surface area contributed by atoms with Crippen LogP contribution in [-0.4, -0.2) is 12.1 Å². The van der Waals surface area contributed by atoms with Crippen LogP contribution in [0.3, 0.4) is 0 Å². The highest BCUT2D eigenvalue weighted by Gasteiger charge is 2.26. The van der Waals surface area contributed by atoms with E-state index in [4.69, 9.17) is 0 Å². The van der Waals surface area contributed by atoms with Crippen molar-refractivity contribution in [3.63, 3.8) is 0 Å². The minimum atomic E-state index is 0.128. The van der Waals surface area contributed by atoms with Crippen LogP contribution in [0.2, 0.25) is 0 Å². The lowest BCUT2D eigenvalue weighted by Crippen LogP contribution is -2.43. The lowest BCUT2D eigenvalue weighted by molar-refractivity contribution is 0.265. The van der Waals surface area contributed by atoms with Crippen LogP contribution >= 0.6 is 0 Å². The molecular weight excluding hydrogens is 196 g/mol. The van der Waals surface area contributed by atoms with Gasteiger partial charge in [0, 0.05) is 6.04 Å². The van der Waals surface area contributed by atoms with Gasteiger partial charge in [0.2, 0.25) is 0 Å². The first-order valence-corrected chi connectivity index (χ1v) is 7.06. The second-order valence-electron chi connectivity index (χ2n) is 5.51. The second-order valence-corrected chi connectivity index (χ2v) is 5.51. The second kappa shape index (κ2) is 6.25. The lowest BCUT2D eigenvalue weighted by Gasteiger charge is -2.31. The van der Waals surface area contributed by atoms with Crippen molar-refractivity contribution < 1.29 is 0 Å². The molecule has 0 aliphatic heterocycles. The summed E-state index contributed by atoms with van der Waals surface area (Å²) in [4.78, 5) is 0. The first-order chi connectivity index (χ1) is 7.90. The van der Waals surface area contributed by atoms with Gasteiger partial charge in [-0.15, -0.1) is 0 Å². The highest BCUT2D eigenvalue weighted by atomic mass is 15.0. The van der Waals surface area contributed by atoms with Crippen molar-refractivity contribution >= 4 is 0 Å². The van der Waals surface area contributed by atoms with Gasteiger partial charge in [0.15, 0.2) is 0 Å². The maximum Gasteiger partial charge on any atom is 0.0983 e.